The van der Waals surface area contributed by atoms with E-state index in [1.807, 2.05) is 54.4 Å². The molecule has 1 unspecified atom stereocenters. The molecule has 0 spiro atoms. The van der Waals surface area contributed by atoms with E-state index in [1.54, 1.807) is 37.2 Å². The van der Waals surface area contributed by atoms with Gasteiger partial charge in [0.1, 0.15) is 17.6 Å². The van der Waals surface area contributed by atoms with Crippen molar-refractivity contribution in [3.8, 4) is 5.75 Å². The van der Waals surface area contributed by atoms with Crippen LogP contribution in [0.3, 0.4) is 0 Å². The molecule has 1 heterocycles. The number of ether oxygens (including phenoxy) is 1. The van der Waals surface area contributed by atoms with E-state index in [2.05, 4.69) is 10.3 Å². The highest BCUT2D eigenvalue weighted by molar-refractivity contribution is 7.98. The lowest BCUT2D eigenvalue weighted by molar-refractivity contribution is 0.0941. The molecule has 1 N–H and O–H groups in total. The zero-order valence-electron chi connectivity index (χ0n) is 15.3. The fourth-order valence-corrected chi connectivity index (χ4v) is 3.43. The molecular weight excluding hydrogens is 382 g/mol. The summed E-state index contributed by atoms with van der Waals surface area (Å²) >= 11 is 7.83. The van der Waals surface area contributed by atoms with Crippen LogP contribution in [-0.2, 0) is 7.05 Å². The fraction of sp³-hybridized carbons (Fsp3) is 0.200. The van der Waals surface area contributed by atoms with E-state index in [0.717, 1.165) is 10.5 Å². The average molecular weight is 402 g/mol. The molecular formula is C20H20ClN3O2S. The van der Waals surface area contributed by atoms with Crippen molar-refractivity contribution in [1.82, 2.24) is 14.9 Å². The van der Waals surface area contributed by atoms with Gasteiger partial charge in [-0.1, -0.05) is 23.7 Å². The highest BCUT2D eigenvalue weighted by atomic mass is 35.5. The number of carbonyl (C=O) groups is 1. The number of nitrogens with zero attached hydrogens (tertiary/aromatic N) is 2. The Balaban J connectivity index is 1.99. The van der Waals surface area contributed by atoms with Crippen LogP contribution in [0, 0.1) is 0 Å². The molecule has 0 aliphatic rings. The second kappa shape index (κ2) is 8.50. The van der Waals surface area contributed by atoms with Crippen LogP contribution in [0.4, 0.5) is 0 Å². The molecule has 0 saturated heterocycles. The summed E-state index contributed by atoms with van der Waals surface area (Å²) in [6, 6.07) is 12.6. The number of imidazole rings is 1. The second-order valence-corrected chi connectivity index (χ2v) is 7.21. The van der Waals surface area contributed by atoms with Gasteiger partial charge in [-0.05, 0) is 42.2 Å². The number of rotatable bonds is 6. The molecule has 27 heavy (non-hydrogen) atoms. The molecule has 7 heteroatoms. The van der Waals surface area contributed by atoms with Crippen LogP contribution in [0.15, 0.2) is 59.8 Å². The molecule has 5 nitrogen and oxygen atoms in total. The van der Waals surface area contributed by atoms with Crippen molar-refractivity contribution in [3.05, 3.63) is 76.8 Å². The van der Waals surface area contributed by atoms with Crippen molar-refractivity contribution in [2.24, 2.45) is 7.05 Å². The summed E-state index contributed by atoms with van der Waals surface area (Å²) in [4.78, 5) is 18.4. The number of aromatic nitrogens is 2. The van der Waals surface area contributed by atoms with Gasteiger partial charge in [0.25, 0.3) is 5.91 Å². The fourth-order valence-electron chi connectivity index (χ4n) is 2.79. The first kappa shape index (κ1) is 19.3. The first-order chi connectivity index (χ1) is 13.0. The molecule has 3 aromatic rings. The lowest BCUT2D eigenvalue weighted by Crippen LogP contribution is -2.31. The van der Waals surface area contributed by atoms with Gasteiger partial charge in [-0.3, -0.25) is 4.79 Å². The van der Waals surface area contributed by atoms with Gasteiger partial charge < -0.3 is 14.6 Å². The lowest BCUT2D eigenvalue weighted by Gasteiger charge is -2.20. The Kier molecular flexibility index (Phi) is 6.08. The van der Waals surface area contributed by atoms with E-state index in [0.29, 0.717) is 22.2 Å². The number of carbonyl (C=O) groups excluding carboxylic acids is 1. The van der Waals surface area contributed by atoms with Crippen LogP contribution in [0.1, 0.15) is 27.8 Å². The van der Waals surface area contributed by atoms with Gasteiger partial charge in [0, 0.05) is 24.3 Å². The summed E-state index contributed by atoms with van der Waals surface area (Å²) in [5.74, 6) is 1.17. The molecule has 1 amide bonds. The third-order valence-electron chi connectivity index (χ3n) is 4.24. The number of thioether (sulfide) groups is 1. The normalized spacial score (nSPS) is 11.9. The summed E-state index contributed by atoms with van der Waals surface area (Å²) in [5.41, 5.74) is 1.31. The topological polar surface area (TPSA) is 56.1 Å². The predicted molar refractivity (Wildman–Crippen MR) is 109 cm³/mol. The van der Waals surface area contributed by atoms with Crippen molar-refractivity contribution in [1.29, 1.82) is 0 Å². The van der Waals surface area contributed by atoms with Crippen molar-refractivity contribution in [3.63, 3.8) is 0 Å². The number of benzene rings is 2. The molecule has 0 radical (unpaired) electrons. The number of hydrogen-bond acceptors (Lipinski definition) is 4. The quantitative estimate of drug-likeness (QED) is 0.625. The molecule has 1 aromatic heterocycles. The number of halogens is 1. The van der Waals surface area contributed by atoms with E-state index in [-0.39, 0.29) is 5.91 Å². The number of aryl methyl sites for hydroxylation is 1. The van der Waals surface area contributed by atoms with Gasteiger partial charge in [0.2, 0.25) is 0 Å². The standard InChI is InChI=1S/C20H20ClN3O2S/c1-24-10-9-22-19(24)18(13-5-4-6-14(11-13)26-2)23-20(25)16-12-15(27-3)7-8-17(16)21/h4-12,18H,1-3H3,(H,23,25). The van der Waals surface area contributed by atoms with Crippen LogP contribution in [0.5, 0.6) is 5.75 Å². The van der Waals surface area contributed by atoms with Gasteiger partial charge in [-0.2, -0.15) is 0 Å². The van der Waals surface area contributed by atoms with E-state index >= 15 is 0 Å². The maximum atomic E-state index is 13.0. The minimum atomic E-state index is -0.443. The number of methoxy groups -OCH3 is 1. The Labute approximate surface area is 167 Å². The minimum absolute atomic E-state index is 0.258. The maximum Gasteiger partial charge on any atom is 0.253 e. The second-order valence-electron chi connectivity index (χ2n) is 5.93. The number of nitrogens with one attached hydrogen (secondary N) is 1. The van der Waals surface area contributed by atoms with Crippen LogP contribution in [0.2, 0.25) is 5.02 Å². The Morgan fingerprint density at radius 1 is 1.30 bits per heavy atom. The van der Waals surface area contributed by atoms with Crippen molar-refractivity contribution in [2.45, 2.75) is 10.9 Å². The predicted octanol–water partition coefficient (Wildman–Crippen LogP) is 4.32. The van der Waals surface area contributed by atoms with Gasteiger partial charge in [-0.25, -0.2) is 4.98 Å². The lowest BCUT2D eigenvalue weighted by atomic mass is 10.0. The molecule has 0 fully saturated rings. The number of hydrogen-bond donors (Lipinski definition) is 1. The highest BCUT2D eigenvalue weighted by Gasteiger charge is 2.23. The van der Waals surface area contributed by atoms with E-state index in [9.17, 15) is 4.79 Å². The van der Waals surface area contributed by atoms with Gasteiger partial charge in [0.05, 0.1) is 17.7 Å². The Morgan fingerprint density at radius 2 is 2.11 bits per heavy atom. The first-order valence-electron chi connectivity index (χ1n) is 8.29. The molecule has 0 saturated carbocycles. The van der Waals surface area contributed by atoms with Crippen molar-refractivity contribution >= 4 is 29.3 Å². The SMILES string of the molecule is COc1cccc(C(NC(=O)c2cc(SC)ccc2Cl)c2nccn2C)c1. The molecule has 0 aliphatic carbocycles. The third kappa shape index (κ3) is 4.28. The summed E-state index contributed by atoms with van der Waals surface area (Å²) in [7, 11) is 3.50. The van der Waals surface area contributed by atoms with Crippen LogP contribution >= 0.6 is 23.4 Å². The molecule has 0 bridgehead atoms. The highest BCUT2D eigenvalue weighted by Crippen LogP contribution is 2.27. The van der Waals surface area contributed by atoms with Crippen LogP contribution in [0.25, 0.3) is 0 Å². The largest absolute Gasteiger partial charge is 0.497 e. The first-order valence-corrected chi connectivity index (χ1v) is 9.89. The molecule has 3 rings (SSSR count). The summed E-state index contributed by atoms with van der Waals surface area (Å²) in [5, 5.41) is 3.48. The van der Waals surface area contributed by atoms with Crippen LogP contribution in [-0.4, -0.2) is 28.8 Å². The molecule has 1 atom stereocenters. The smallest absolute Gasteiger partial charge is 0.253 e. The summed E-state index contributed by atoms with van der Waals surface area (Å²) in [6.45, 7) is 0. The van der Waals surface area contributed by atoms with E-state index in [4.69, 9.17) is 16.3 Å². The summed E-state index contributed by atoms with van der Waals surface area (Å²) < 4.78 is 7.21. The minimum Gasteiger partial charge on any atom is -0.497 e. The van der Waals surface area contributed by atoms with Crippen LogP contribution < -0.4 is 10.1 Å². The Morgan fingerprint density at radius 3 is 2.78 bits per heavy atom. The van der Waals surface area contributed by atoms with Gasteiger partial charge in [-0.15, -0.1) is 11.8 Å². The molecule has 140 valence electrons. The summed E-state index contributed by atoms with van der Waals surface area (Å²) in [6.07, 6.45) is 5.50. The maximum absolute atomic E-state index is 13.0. The van der Waals surface area contributed by atoms with Gasteiger partial charge >= 0.3 is 0 Å². The Hall–Kier alpha value is -2.44. The zero-order chi connectivity index (χ0) is 19.4. The molecule has 0 aliphatic heterocycles. The zero-order valence-corrected chi connectivity index (χ0v) is 16.8. The monoisotopic (exact) mass is 401 g/mol. The van der Waals surface area contributed by atoms with Crippen molar-refractivity contribution in [2.75, 3.05) is 13.4 Å². The van der Waals surface area contributed by atoms with Gasteiger partial charge in [0.15, 0.2) is 0 Å². The van der Waals surface area contributed by atoms with Crippen molar-refractivity contribution < 1.29 is 9.53 Å². The van der Waals surface area contributed by atoms with E-state index < -0.39 is 6.04 Å². The average Bonchev–Trinajstić information content (AvgIpc) is 3.12. The number of amides is 1. The van der Waals surface area contributed by atoms with E-state index in [1.165, 1.54) is 0 Å². The Bertz CT molecular complexity index is 958. The molecule has 2 aromatic carbocycles. The third-order valence-corrected chi connectivity index (χ3v) is 5.29.